The van der Waals surface area contributed by atoms with E-state index in [-0.39, 0.29) is 0 Å². The molecule has 0 radical (unpaired) electrons. The highest BCUT2D eigenvalue weighted by Gasteiger charge is 1.92. The van der Waals surface area contributed by atoms with Crippen LogP contribution in [0.1, 0.15) is 6.92 Å². The standard InChI is InChI=1S/C6H10N2OS/c1-3-4-10-5(2)8-6(7)9/h3-4H,2H2,1H3,(H3,7,8,9)/b4-3-. The van der Waals surface area contributed by atoms with Gasteiger partial charge in [-0.25, -0.2) is 4.79 Å². The van der Waals surface area contributed by atoms with Gasteiger partial charge in [-0.3, -0.25) is 0 Å². The molecule has 0 aliphatic heterocycles. The molecule has 10 heavy (non-hydrogen) atoms. The van der Waals surface area contributed by atoms with Gasteiger partial charge in [-0.1, -0.05) is 24.4 Å². The largest absolute Gasteiger partial charge is 0.351 e. The van der Waals surface area contributed by atoms with Crippen molar-refractivity contribution < 1.29 is 4.79 Å². The Bertz CT molecular complexity index is 165. The maximum absolute atomic E-state index is 10.2. The molecule has 0 aromatic rings. The summed E-state index contributed by atoms with van der Waals surface area (Å²) in [4.78, 5) is 10.2. The average molecular weight is 158 g/mol. The van der Waals surface area contributed by atoms with Crippen LogP contribution in [-0.4, -0.2) is 6.03 Å². The molecule has 56 valence electrons. The fourth-order valence-corrected chi connectivity index (χ4v) is 0.777. The van der Waals surface area contributed by atoms with Crippen LogP contribution in [-0.2, 0) is 0 Å². The van der Waals surface area contributed by atoms with Crippen LogP contribution < -0.4 is 11.1 Å². The first kappa shape index (κ1) is 9.10. The molecule has 0 aromatic carbocycles. The number of hydrogen-bond donors (Lipinski definition) is 2. The van der Waals surface area contributed by atoms with Gasteiger partial charge >= 0.3 is 6.03 Å². The second-order valence-electron chi connectivity index (χ2n) is 1.50. The lowest BCUT2D eigenvalue weighted by Gasteiger charge is -1.99. The summed E-state index contributed by atoms with van der Waals surface area (Å²) in [5, 5.41) is 4.67. The number of hydrogen-bond acceptors (Lipinski definition) is 2. The predicted molar refractivity (Wildman–Crippen MR) is 44.3 cm³/mol. The van der Waals surface area contributed by atoms with Crippen LogP contribution in [0.15, 0.2) is 23.1 Å². The molecule has 0 aromatic heterocycles. The van der Waals surface area contributed by atoms with Gasteiger partial charge in [-0.15, -0.1) is 0 Å². The molecule has 2 amide bonds. The number of nitrogens with one attached hydrogen (secondary N) is 1. The quantitative estimate of drug-likeness (QED) is 0.652. The molecule has 0 rings (SSSR count). The van der Waals surface area contributed by atoms with Gasteiger partial charge < -0.3 is 11.1 Å². The zero-order chi connectivity index (χ0) is 7.98. The van der Waals surface area contributed by atoms with Crippen molar-refractivity contribution in [2.45, 2.75) is 6.92 Å². The van der Waals surface area contributed by atoms with Crippen LogP contribution >= 0.6 is 11.8 Å². The first-order valence-electron chi connectivity index (χ1n) is 2.70. The minimum Gasteiger partial charge on any atom is -0.351 e. The van der Waals surface area contributed by atoms with Crippen molar-refractivity contribution in [2.75, 3.05) is 0 Å². The molecule has 4 heteroatoms. The molecule has 3 N–H and O–H groups in total. The van der Waals surface area contributed by atoms with Gasteiger partial charge in [0, 0.05) is 0 Å². The third-order valence-corrected chi connectivity index (χ3v) is 1.40. The molecule has 0 heterocycles. The first-order valence-corrected chi connectivity index (χ1v) is 3.58. The smallest absolute Gasteiger partial charge is 0.317 e. The Kier molecular flexibility index (Phi) is 4.49. The number of allylic oxidation sites excluding steroid dienone is 1. The summed E-state index contributed by atoms with van der Waals surface area (Å²) in [6.45, 7) is 5.41. The van der Waals surface area contributed by atoms with E-state index in [0.717, 1.165) is 0 Å². The summed E-state index contributed by atoms with van der Waals surface area (Å²) in [6, 6.07) is -0.581. The van der Waals surface area contributed by atoms with Crippen molar-refractivity contribution in [1.82, 2.24) is 5.32 Å². The van der Waals surface area contributed by atoms with Crippen molar-refractivity contribution in [1.29, 1.82) is 0 Å². The van der Waals surface area contributed by atoms with E-state index in [1.807, 2.05) is 13.0 Å². The molecule has 3 nitrogen and oxygen atoms in total. The molecule has 0 saturated heterocycles. The van der Waals surface area contributed by atoms with E-state index in [1.165, 1.54) is 11.8 Å². The fourth-order valence-electron chi connectivity index (χ4n) is 0.317. The minimum absolute atomic E-state index is 0.533. The molecule has 0 spiro atoms. The number of rotatable bonds is 3. The zero-order valence-corrected chi connectivity index (χ0v) is 6.57. The van der Waals surface area contributed by atoms with Crippen LogP contribution in [0.5, 0.6) is 0 Å². The van der Waals surface area contributed by atoms with Crippen LogP contribution in [0.3, 0.4) is 0 Å². The van der Waals surface area contributed by atoms with Gasteiger partial charge in [0.25, 0.3) is 0 Å². The number of nitrogens with two attached hydrogens (primary N) is 1. The lowest BCUT2D eigenvalue weighted by Crippen LogP contribution is -2.26. The maximum Gasteiger partial charge on any atom is 0.317 e. The fraction of sp³-hybridized carbons (Fsp3) is 0.167. The highest BCUT2D eigenvalue weighted by molar-refractivity contribution is 8.05. The summed E-state index contributed by atoms with van der Waals surface area (Å²) in [6.07, 6.45) is 1.85. The molecular weight excluding hydrogens is 148 g/mol. The number of carbonyl (C=O) groups excluding carboxylic acids is 1. The van der Waals surface area contributed by atoms with Gasteiger partial charge in [-0.2, -0.15) is 0 Å². The van der Waals surface area contributed by atoms with E-state index in [2.05, 4.69) is 11.9 Å². The number of primary amides is 1. The Morgan fingerprint density at radius 3 is 2.80 bits per heavy atom. The van der Waals surface area contributed by atoms with E-state index in [4.69, 9.17) is 5.73 Å². The van der Waals surface area contributed by atoms with Crippen molar-refractivity contribution in [3.8, 4) is 0 Å². The molecule has 0 atom stereocenters. The summed E-state index contributed by atoms with van der Waals surface area (Å²) in [5.74, 6) is 0. The van der Waals surface area contributed by atoms with Crippen molar-refractivity contribution in [3.63, 3.8) is 0 Å². The normalized spacial score (nSPS) is 9.70. The number of urea groups is 1. The Hall–Kier alpha value is -0.900. The van der Waals surface area contributed by atoms with Gasteiger partial charge in [0.2, 0.25) is 0 Å². The Morgan fingerprint density at radius 2 is 2.40 bits per heavy atom. The summed E-state index contributed by atoms with van der Waals surface area (Å²) >= 11 is 1.32. The second-order valence-corrected chi connectivity index (χ2v) is 2.50. The van der Waals surface area contributed by atoms with Crippen molar-refractivity contribution in [3.05, 3.63) is 23.1 Å². The van der Waals surface area contributed by atoms with E-state index >= 15 is 0 Å². The highest BCUT2D eigenvalue weighted by Crippen LogP contribution is 2.10. The SMILES string of the molecule is C=C(NC(N)=O)S/C=C\C. The Balaban J connectivity index is 3.54. The van der Waals surface area contributed by atoms with Crippen molar-refractivity contribution >= 4 is 17.8 Å². The van der Waals surface area contributed by atoms with E-state index in [1.54, 1.807) is 5.41 Å². The lowest BCUT2D eigenvalue weighted by atomic mass is 10.8. The first-order chi connectivity index (χ1) is 4.66. The number of carbonyl (C=O) groups is 1. The summed E-state index contributed by atoms with van der Waals surface area (Å²) in [5.41, 5.74) is 4.82. The molecule has 0 aliphatic carbocycles. The topological polar surface area (TPSA) is 55.1 Å². The van der Waals surface area contributed by atoms with Crippen LogP contribution in [0.4, 0.5) is 4.79 Å². The van der Waals surface area contributed by atoms with E-state index < -0.39 is 6.03 Å². The third kappa shape index (κ3) is 5.24. The predicted octanol–water partition coefficient (Wildman–Crippen LogP) is 1.39. The second kappa shape index (κ2) is 4.93. The molecule has 0 fully saturated rings. The zero-order valence-electron chi connectivity index (χ0n) is 5.76. The average Bonchev–Trinajstić information content (AvgIpc) is 1.82. The third-order valence-electron chi connectivity index (χ3n) is 0.609. The van der Waals surface area contributed by atoms with Gasteiger partial charge in [-0.05, 0) is 12.3 Å². The molecule has 0 bridgehead atoms. The molecule has 0 saturated carbocycles. The van der Waals surface area contributed by atoms with Gasteiger partial charge in [0.1, 0.15) is 0 Å². The minimum atomic E-state index is -0.581. The molecule has 0 aliphatic rings. The number of thioether (sulfide) groups is 1. The lowest BCUT2D eigenvalue weighted by molar-refractivity contribution is 0.252. The maximum atomic E-state index is 10.2. The van der Waals surface area contributed by atoms with Crippen molar-refractivity contribution in [2.24, 2.45) is 5.73 Å². The molecular formula is C6H10N2OS. The Labute approximate surface area is 64.4 Å². The van der Waals surface area contributed by atoms with Gasteiger partial charge in [0.15, 0.2) is 0 Å². The van der Waals surface area contributed by atoms with Crippen LogP contribution in [0.25, 0.3) is 0 Å². The number of amides is 2. The monoisotopic (exact) mass is 158 g/mol. The Morgan fingerprint density at radius 1 is 1.80 bits per heavy atom. The van der Waals surface area contributed by atoms with Gasteiger partial charge in [0.05, 0.1) is 5.03 Å². The van der Waals surface area contributed by atoms with E-state index in [0.29, 0.717) is 5.03 Å². The molecule has 0 unspecified atom stereocenters. The van der Waals surface area contributed by atoms with Crippen LogP contribution in [0, 0.1) is 0 Å². The summed E-state index contributed by atoms with van der Waals surface area (Å²) < 4.78 is 0. The van der Waals surface area contributed by atoms with Crippen LogP contribution in [0.2, 0.25) is 0 Å². The van der Waals surface area contributed by atoms with E-state index in [9.17, 15) is 4.79 Å². The highest BCUT2D eigenvalue weighted by atomic mass is 32.2. The summed E-state index contributed by atoms with van der Waals surface area (Å²) in [7, 11) is 0.